The molecule has 0 rings (SSSR count). The van der Waals surface area contributed by atoms with Gasteiger partial charge in [0.2, 0.25) is 0 Å². The van der Waals surface area contributed by atoms with Gasteiger partial charge < -0.3 is 14.2 Å². The minimum absolute atomic E-state index is 0.107. The predicted octanol–water partition coefficient (Wildman–Crippen LogP) is 18.5. The van der Waals surface area contributed by atoms with E-state index in [4.69, 9.17) is 14.2 Å². The lowest BCUT2D eigenvalue weighted by atomic mass is 10.1. The normalized spacial score (nSPS) is 13.0. The van der Waals surface area contributed by atoms with E-state index in [1.54, 1.807) is 0 Å². The van der Waals surface area contributed by atoms with E-state index < -0.39 is 6.10 Å². The average molecular weight is 941 g/mol. The third-order valence-electron chi connectivity index (χ3n) is 11.3. The molecule has 0 aliphatic carbocycles. The molecule has 0 radical (unpaired) electrons. The molecule has 1 unspecified atom stereocenters. The monoisotopic (exact) mass is 941 g/mol. The largest absolute Gasteiger partial charge is 0.462 e. The third kappa shape index (κ3) is 52.8. The second-order valence-electron chi connectivity index (χ2n) is 17.9. The van der Waals surface area contributed by atoms with Crippen LogP contribution in [0.5, 0.6) is 0 Å². The zero-order valence-electron chi connectivity index (χ0n) is 43.8. The Morgan fingerprint density at radius 3 is 1.10 bits per heavy atom. The Hall–Kier alpha value is -4.19. The fourth-order valence-electron chi connectivity index (χ4n) is 7.25. The van der Waals surface area contributed by atoms with Gasteiger partial charge in [-0.15, -0.1) is 0 Å². The van der Waals surface area contributed by atoms with E-state index >= 15 is 0 Å². The summed E-state index contributed by atoms with van der Waals surface area (Å²) in [6.45, 7) is 6.32. The Morgan fingerprint density at radius 1 is 0.324 bits per heavy atom. The zero-order chi connectivity index (χ0) is 49.3. The van der Waals surface area contributed by atoms with Crippen molar-refractivity contribution in [2.24, 2.45) is 0 Å². The Bertz CT molecular complexity index is 1450. The fraction of sp³-hybridized carbons (Fsp3) is 0.629. The zero-order valence-corrected chi connectivity index (χ0v) is 43.8. The van der Waals surface area contributed by atoms with E-state index in [0.29, 0.717) is 19.3 Å². The molecule has 0 bridgehead atoms. The molecule has 0 amide bonds. The van der Waals surface area contributed by atoms with Gasteiger partial charge >= 0.3 is 17.9 Å². The first-order chi connectivity index (χ1) is 33.5. The Morgan fingerprint density at radius 2 is 0.647 bits per heavy atom. The molecule has 0 saturated carbocycles. The molecule has 6 heteroatoms. The van der Waals surface area contributed by atoms with Crippen LogP contribution in [0, 0.1) is 0 Å². The lowest BCUT2D eigenvalue weighted by Crippen LogP contribution is -2.30. The van der Waals surface area contributed by atoms with Crippen molar-refractivity contribution in [3.63, 3.8) is 0 Å². The third-order valence-corrected chi connectivity index (χ3v) is 11.3. The SMILES string of the molecule is CC\C=C/C=C\C=C/C=C\C=C\C=C/CCCCCC(=O)OC(COC(=O)CCCCC/C=C\CCCCCCCCC)COC(=O)CCCCCCCCCCC/C=C\C/C=C\C/C=C\CC. The van der Waals surface area contributed by atoms with Crippen molar-refractivity contribution in [1.29, 1.82) is 0 Å². The van der Waals surface area contributed by atoms with Crippen LogP contribution < -0.4 is 0 Å². The summed E-state index contributed by atoms with van der Waals surface area (Å²) < 4.78 is 16.8. The van der Waals surface area contributed by atoms with Gasteiger partial charge in [0.1, 0.15) is 13.2 Å². The molecule has 0 aromatic carbocycles. The van der Waals surface area contributed by atoms with Crippen molar-refractivity contribution < 1.29 is 28.6 Å². The van der Waals surface area contributed by atoms with Gasteiger partial charge in [-0.25, -0.2) is 0 Å². The van der Waals surface area contributed by atoms with Crippen molar-refractivity contribution in [1.82, 2.24) is 0 Å². The van der Waals surface area contributed by atoms with Crippen LogP contribution in [0.25, 0.3) is 0 Å². The number of unbranched alkanes of at least 4 members (excludes halogenated alkanes) is 22. The van der Waals surface area contributed by atoms with Gasteiger partial charge in [-0.2, -0.15) is 0 Å². The summed E-state index contributed by atoms with van der Waals surface area (Å²) in [5.41, 5.74) is 0. The average Bonchev–Trinajstić information content (AvgIpc) is 3.34. The molecule has 0 heterocycles. The Labute approximate surface area is 418 Å². The standard InChI is InChI=1S/C62H100O6/c1-4-7-10-13-16-19-22-25-28-30-31-33-34-37-40-43-46-49-52-55-61(64)67-58-59(57-66-60(63)54-51-48-45-42-39-36-27-24-21-18-15-12-9-6-3)68-62(65)56-53-50-47-44-41-38-35-32-29-26-23-20-17-14-11-8-5-2/h7-8,10-11,14,16-17,19-20,23,25-26,28-29,32,35-36,38-39,41,59H,4-6,9,12-13,15,18,21-22,24,27,30-31,33-34,37,40,42-58H2,1-3H3/b10-7-,11-8-,17-14-,19-16-,23-20-,28-25-,29-26-,35-32+,39-36-,41-38-. The van der Waals surface area contributed by atoms with Crippen molar-refractivity contribution in [2.45, 2.75) is 239 Å². The van der Waals surface area contributed by atoms with Crippen molar-refractivity contribution in [3.05, 3.63) is 122 Å². The summed E-state index contributed by atoms with van der Waals surface area (Å²) in [4.78, 5) is 38.1. The molecule has 1 atom stereocenters. The van der Waals surface area contributed by atoms with E-state index in [1.165, 1.54) is 83.5 Å². The molecule has 0 aromatic heterocycles. The number of carbonyl (C=O) groups is 3. The topological polar surface area (TPSA) is 78.9 Å². The highest BCUT2D eigenvalue weighted by Crippen LogP contribution is 2.14. The van der Waals surface area contributed by atoms with Gasteiger partial charge in [0.15, 0.2) is 6.10 Å². The van der Waals surface area contributed by atoms with Crippen LogP contribution in [0.3, 0.4) is 0 Å². The molecule has 0 N–H and O–H groups in total. The molecular formula is C62H100O6. The predicted molar refractivity (Wildman–Crippen MR) is 293 cm³/mol. The second-order valence-corrected chi connectivity index (χ2v) is 17.9. The Kier molecular flexibility index (Phi) is 52.0. The quantitative estimate of drug-likeness (QED) is 0.0199. The fourth-order valence-corrected chi connectivity index (χ4v) is 7.25. The summed E-state index contributed by atoms with van der Waals surface area (Å²) >= 11 is 0. The lowest BCUT2D eigenvalue weighted by Gasteiger charge is -2.18. The highest BCUT2D eigenvalue weighted by atomic mass is 16.6. The lowest BCUT2D eigenvalue weighted by molar-refractivity contribution is -0.167. The maximum atomic E-state index is 12.8. The summed E-state index contributed by atoms with van der Waals surface area (Å²) in [7, 11) is 0. The van der Waals surface area contributed by atoms with E-state index in [0.717, 1.165) is 103 Å². The first kappa shape index (κ1) is 63.8. The first-order valence-electron chi connectivity index (χ1n) is 27.6. The van der Waals surface area contributed by atoms with Gasteiger partial charge in [-0.1, -0.05) is 239 Å². The molecule has 0 fully saturated rings. The minimum atomic E-state index is -0.813. The highest BCUT2D eigenvalue weighted by molar-refractivity contribution is 5.71. The summed E-state index contributed by atoms with van der Waals surface area (Å²) in [5.74, 6) is -0.975. The van der Waals surface area contributed by atoms with Crippen LogP contribution in [0.4, 0.5) is 0 Å². The first-order valence-corrected chi connectivity index (χ1v) is 27.6. The number of carbonyl (C=O) groups excluding carboxylic acids is 3. The maximum absolute atomic E-state index is 12.8. The van der Waals surface area contributed by atoms with E-state index in [2.05, 4.69) is 81.5 Å². The molecule has 68 heavy (non-hydrogen) atoms. The van der Waals surface area contributed by atoms with E-state index in [9.17, 15) is 14.4 Å². The Balaban J connectivity index is 4.50. The van der Waals surface area contributed by atoms with Crippen LogP contribution in [-0.2, 0) is 28.6 Å². The van der Waals surface area contributed by atoms with E-state index in [-0.39, 0.29) is 37.5 Å². The highest BCUT2D eigenvalue weighted by Gasteiger charge is 2.19. The molecule has 0 spiro atoms. The van der Waals surface area contributed by atoms with Gasteiger partial charge in [0, 0.05) is 19.3 Å². The van der Waals surface area contributed by atoms with Gasteiger partial charge in [-0.3, -0.25) is 14.4 Å². The molecule has 0 aliphatic heterocycles. The van der Waals surface area contributed by atoms with Crippen LogP contribution in [0.15, 0.2) is 122 Å². The maximum Gasteiger partial charge on any atom is 0.306 e. The molecule has 6 nitrogen and oxygen atoms in total. The number of hydrogen-bond donors (Lipinski definition) is 0. The molecule has 0 aliphatic rings. The second kappa shape index (κ2) is 55.4. The number of hydrogen-bond acceptors (Lipinski definition) is 6. The van der Waals surface area contributed by atoms with Crippen molar-refractivity contribution >= 4 is 17.9 Å². The van der Waals surface area contributed by atoms with Crippen LogP contribution in [0.2, 0.25) is 0 Å². The molecule has 384 valence electrons. The minimum Gasteiger partial charge on any atom is -0.462 e. The number of allylic oxidation sites excluding steroid dienone is 20. The van der Waals surface area contributed by atoms with Crippen molar-refractivity contribution in [3.8, 4) is 0 Å². The number of esters is 3. The van der Waals surface area contributed by atoms with Gasteiger partial charge in [0.05, 0.1) is 0 Å². The van der Waals surface area contributed by atoms with Gasteiger partial charge in [0.25, 0.3) is 0 Å². The van der Waals surface area contributed by atoms with Crippen molar-refractivity contribution in [2.75, 3.05) is 13.2 Å². The molecule has 0 saturated heterocycles. The number of ether oxygens (including phenoxy) is 3. The molecular weight excluding hydrogens is 841 g/mol. The van der Waals surface area contributed by atoms with Crippen LogP contribution in [0.1, 0.15) is 233 Å². The van der Waals surface area contributed by atoms with Gasteiger partial charge in [-0.05, 0) is 96.3 Å². The smallest absolute Gasteiger partial charge is 0.306 e. The summed E-state index contributed by atoms with van der Waals surface area (Å²) in [6.07, 6.45) is 76.1. The molecule has 0 aromatic rings. The van der Waals surface area contributed by atoms with E-state index in [1.807, 2.05) is 60.8 Å². The number of rotatable bonds is 48. The van der Waals surface area contributed by atoms with Crippen LogP contribution in [-0.4, -0.2) is 37.2 Å². The van der Waals surface area contributed by atoms with Crippen LogP contribution >= 0.6 is 0 Å². The summed E-state index contributed by atoms with van der Waals surface area (Å²) in [6, 6.07) is 0. The summed E-state index contributed by atoms with van der Waals surface area (Å²) in [5, 5.41) is 0.